The van der Waals surface area contributed by atoms with Gasteiger partial charge in [0, 0.05) is 0 Å². The van der Waals surface area contributed by atoms with Gasteiger partial charge in [0.05, 0.1) is 13.1 Å². The van der Waals surface area contributed by atoms with E-state index in [1.54, 1.807) is 0 Å². The van der Waals surface area contributed by atoms with E-state index in [1.165, 1.54) is 103 Å². The van der Waals surface area contributed by atoms with Crippen molar-refractivity contribution in [2.45, 2.75) is 117 Å². The predicted molar refractivity (Wildman–Crippen MR) is 124 cm³/mol. The van der Waals surface area contributed by atoms with Gasteiger partial charge < -0.3 is 11.5 Å². The molecule has 0 amide bonds. The second kappa shape index (κ2) is 29.8. The Morgan fingerprint density at radius 1 is 0.444 bits per heavy atom. The summed E-state index contributed by atoms with van der Waals surface area (Å²) >= 11 is 0. The summed E-state index contributed by atoms with van der Waals surface area (Å²) in [4.78, 5) is 0. The van der Waals surface area contributed by atoms with E-state index in [1.807, 2.05) is 0 Å². The van der Waals surface area contributed by atoms with Crippen molar-refractivity contribution >= 4 is 40.4 Å². The summed E-state index contributed by atoms with van der Waals surface area (Å²) in [5.41, 5.74) is 7.67. The molecule has 0 aromatic carbocycles. The Hall–Kier alpha value is 1.60. The molecule has 2 nitrogen and oxygen atoms in total. The van der Waals surface area contributed by atoms with Crippen LogP contribution in [0.5, 0.6) is 0 Å². The number of hydrogen-bond acceptors (Lipinski definition) is 0. The van der Waals surface area contributed by atoms with Crippen LogP contribution in [0.15, 0.2) is 0 Å². The van der Waals surface area contributed by atoms with Gasteiger partial charge in [-0.05, 0) is 25.7 Å². The normalized spacial score (nSPS) is 11.3. The van der Waals surface area contributed by atoms with Crippen molar-refractivity contribution in [1.29, 1.82) is 0 Å². The molecule has 0 unspecified atom stereocenters. The Labute approximate surface area is 189 Å². The van der Waals surface area contributed by atoms with Crippen molar-refractivity contribution in [3.63, 3.8) is 0 Å². The maximum absolute atomic E-state index is 4.90. The Bertz CT molecular complexity index is 203. The first-order valence-corrected chi connectivity index (χ1v) is 16.1. The van der Waals surface area contributed by atoms with Gasteiger partial charge in [0.1, 0.15) is 0 Å². The molecule has 0 aliphatic heterocycles. The van der Waals surface area contributed by atoms with Gasteiger partial charge in [-0.2, -0.15) is 0 Å². The van der Waals surface area contributed by atoms with Crippen LogP contribution in [0.2, 0.25) is 0 Å². The number of unbranched alkanes of at least 4 members (excludes halogenated alkanes) is 14. The maximum atomic E-state index is 4.90. The number of halogens is 4. The molecule has 0 aliphatic carbocycles. The van der Waals surface area contributed by atoms with Crippen LogP contribution in [0, 0.1) is 0 Å². The van der Waals surface area contributed by atoms with Crippen molar-refractivity contribution in [2.24, 2.45) is 0 Å². The molecule has 7 heteroatoms. The van der Waals surface area contributed by atoms with Crippen LogP contribution in [0.1, 0.15) is 117 Å². The van der Waals surface area contributed by atoms with Gasteiger partial charge in [0.2, 0.25) is 0 Å². The van der Waals surface area contributed by atoms with Crippen LogP contribution in [-0.2, 0) is 9.20 Å². The molecule has 27 heavy (non-hydrogen) atoms. The van der Waals surface area contributed by atoms with Crippen LogP contribution < -0.4 is 11.5 Å². The van der Waals surface area contributed by atoms with Gasteiger partial charge in [0.15, 0.2) is 0 Å². The van der Waals surface area contributed by atoms with E-state index in [-0.39, 0.29) is 0 Å². The van der Waals surface area contributed by atoms with Crippen molar-refractivity contribution < 1.29 is 20.7 Å². The van der Waals surface area contributed by atoms with Crippen LogP contribution in [0.4, 0.5) is 0 Å². The first-order chi connectivity index (χ1) is 12.8. The SMILES string of the molecule is CCCCCCCCCC[NH3+].CCCCCCCCCC[NH3+].[Cl][Cu-2]([Cl])([Cl])[Cl]. The molecule has 0 aliphatic rings. The Morgan fingerprint density at radius 3 is 0.815 bits per heavy atom. The zero-order chi connectivity index (χ0) is 21.2. The summed E-state index contributed by atoms with van der Waals surface area (Å²) < 4.78 is 0. The van der Waals surface area contributed by atoms with E-state index in [9.17, 15) is 0 Å². The molecule has 0 heterocycles. The van der Waals surface area contributed by atoms with Crippen molar-refractivity contribution in [1.82, 2.24) is 0 Å². The fourth-order valence-corrected chi connectivity index (χ4v) is 2.62. The van der Waals surface area contributed by atoms with E-state index in [0.717, 1.165) is 13.1 Å². The number of rotatable bonds is 16. The number of hydrogen-bond donors (Lipinski definition) is 2. The molecular formula is C20H48Cl4CuN2. The van der Waals surface area contributed by atoms with Gasteiger partial charge >= 0.3 is 49.6 Å². The second-order valence-corrected chi connectivity index (χ2v) is 16.2. The van der Waals surface area contributed by atoms with Gasteiger partial charge in [-0.15, -0.1) is 0 Å². The van der Waals surface area contributed by atoms with Crippen molar-refractivity contribution in [3.8, 4) is 0 Å². The minimum absolute atomic E-state index is 1.12. The minimum atomic E-state index is -2.24. The van der Waals surface area contributed by atoms with Crippen molar-refractivity contribution in [2.75, 3.05) is 13.1 Å². The summed E-state index contributed by atoms with van der Waals surface area (Å²) in [7, 11) is 17.4. The van der Waals surface area contributed by atoms with Gasteiger partial charge in [0.25, 0.3) is 0 Å². The first kappa shape index (κ1) is 33.2. The van der Waals surface area contributed by atoms with Gasteiger partial charge in [-0.3, -0.25) is 0 Å². The Kier molecular flexibility index (Phi) is 36.7. The van der Waals surface area contributed by atoms with Crippen LogP contribution in [-0.4, -0.2) is 13.1 Å². The first-order valence-electron chi connectivity index (χ1n) is 10.9. The van der Waals surface area contributed by atoms with E-state index >= 15 is 0 Å². The fourth-order valence-electron chi connectivity index (χ4n) is 2.62. The van der Waals surface area contributed by atoms with Crippen LogP contribution in [0.3, 0.4) is 0 Å². The molecule has 0 fully saturated rings. The third-order valence-electron chi connectivity index (χ3n) is 4.21. The zero-order valence-corrected chi connectivity index (χ0v) is 21.9. The van der Waals surface area contributed by atoms with E-state index in [2.05, 4.69) is 25.3 Å². The molecule has 0 radical (unpaired) electrons. The summed E-state index contributed by atoms with van der Waals surface area (Å²) in [6, 6.07) is 0. The predicted octanol–water partition coefficient (Wildman–Crippen LogP) is 7.49. The monoisotopic (exact) mass is 519 g/mol. The molecule has 0 saturated heterocycles. The van der Waals surface area contributed by atoms with Crippen LogP contribution in [0.25, 0.3) is 0 Å². The van der Waals surface area contributed by atoms with E-state index in [4.69, 9.17) is 40.4 Å². The average Bonchev–Trinajstić information content (AvgIpc) is 2.59. The Balaban J connectivity index is -0.000000344. The van der Waals surface area contributed by atoms with Gasteiger partial charge in [-0.25, -0.2) is 0 Å². The zero-order valence-electron chi connectivity index (χ0n) is 18.0. The van der Waals surface area contributed by atoms with Crippen LogP contribution >= 0.6 is 40.4 Å². The third kappa shape index (κ3) is 58.4. The average molecular weight is 522 g/mol. The third-order valence-corrected chi connectivity index (χ3v) is 4.21. The summed E-state index contributed by atoms with van der Waals surface area (Å²) in [5, 5.41) is 0. The second-order valence-electron chi connectivity index (χ2n) is 6.92. The number of quaternary nitrogens is 2. The molecule has 177 valence electrons. The van der Waals surface area contributed by atoms with Crippen molar-refractivity contribution in [3.05, 3.63) is 0 Å². The molecule has 0 bridgehead atoms. The standard InChI is InChI=1S/2C10H23N.4ClH.Cu/c2*1-2-3-4-5-6-7-8-9-10-11;;;;;/h2*2-11H2,1H3;4*1H;/q;;;;;;+2/p-2. The summed E-state index contributed by atoms with van der Waals surface area (Å²) in [6.07, 6.45) is 22.6. The molecule has 6 N–H and O–H groups in total. The molecule has 0 aromatic rings. The quantitative estimate of drug-likeness (QED) is 0.156. The summed E-state index contributed by atoms with van der Waals surface area (Å²) in [6.45, 7) is 6.77. The fraction of sp³-hybridized carbons (Fsp3) is 1.00. The molecular weight excluding hydrogens is 474 g/mol. The molecule has 0 rings (SSSR count). The molecule has 0 atom stereocenters. The Morgan fingerprint density at radius 2 is 0.630 bits per heavy atom. The van der Waals surface area contributed by atoms with E-state index in [0.29, 0.717) is 0 Å². The molecule has 0 saturated carbocycles. The summed E-state index contributed by atoms with van der Waals surface area (Å²) in [5.74, 6) is 0. The van der Waals surface area contributed by atoms with E-state index < -0.39 is 9.20 Å². The van der Waals surface area contributed by atoms with Gasteiger partial charge in [-0.1, -0.05) is 90.9 Å². The topological polar surface area (TPSA) is 55.3 Å². The molecule has 0 spiro atoms. The molecule has 0 aromatic heterocycles.